The zero-order chi connectivity index (χ0) is 15.6. The van der Waals surface area contributed by atoms with Crippen molar-refractivity contribution in [1.82, 2.24) is 9.21 Å². The maximum absolute atomic E-state index is 12.8. The molecule has 5 nitrogen and oxygen atoms in total. The lowest BCUT2D eigenvalue weighted by molar-refractivity contribution is 0.207. The minimum absolute atomic E-state index is 0.377. The molecule has 0 saturated carbocycles. The van der Waals surface area contributed by atoms with Crippen molar-refractivity contribution >= 4 is 15.7 Å². The molecule has 1 heterocycles. The molecule has 1 saturated heterocycles. The van der Waals surface area contributed by atoms with Gasteiger partial charge in [0, 0.05) is 31.9 Å². The fourth-order valence-corrected chi connectivity index (χ4v) is 4.61. The third-order valence-corrected chi connectivity index (χ3v) is 5.93. The normalized spacial score (nSPS) is 17.6. The van der Waals surface area contributed by atoms with Gasteiger partial charge in [-0.15, -0.1) is 6.42 Å². The van der Waals surface area contributed by atoms with Crippen LogP contribution >= 0.6 is 0 Å². The Bertz CT molecular complexity index is 646. The van der Waals surface area contributed by atoms with Gasteiger partial charge in [-0.2, -0.15) is 4.31 Å². The van der Waals surface area contributed by atoms with Gasteiger partial charge in [0.1, 0.15) is 0 Å². The first-order valence-corrected chi connectivity index (χ1v) is 8.33. The molecule has 0 amide bonds. The second-order valence-corrected chi connectivity index (χ2v) is 7.24. The van der Waals surface area contributed by atoms with Crippen molar-refractivity contribution in [2.75, 3.05) is 38.5 Å². The van der Waals surface area contributed by atoms with Gasteiger partial charge in [-0.05, 0) is 37.1 Å². The van der Waals surface area contributed by atoms with Crippen LogP contribution in [-0.4, -0.2) is 50.3 Å². The van der Waals surface area contributed by atoms with Crippen LogP contribution in [0.3, 0.4) is 0 Å². The fourth-order valence-electron chi connectivity index (χ4n) is 2.78. The van der Waals surface area contributed by atoms with E-state index in [0.717, 1.165) is 0 Å². The van der Waals surface area contributed by atoms with E-state index in [-0.39, 0.29) is 0 Å². The molecule has 1 fully saturated rings. The molecule has 1 aliphatic rings. The third kappa shape index (κ3) is 3.21. The van der Waals surface area contributed by atoms with E-state index in [2.05, 4.69) is 10.8 Å². The van der Waals surface area contributed by atoms with Crippen molar-refractivity contribution in [3.8, 4) is 12.3 Å². The van der Waals surface area contributed by atoms with Crippen molar-refractivity contribution < 1.29 is 8.42 Å². The van der Waals surface area contributed by atoms with Gasteiger partial charge in [-0.25, -0.2) is 8.42 Å². The van der Waals surface area contributed by atoms with Crippen molar-refractivity contribution in [1.29, 1.82) is 0 Å². The number of rotatable bonds is 3. The number of hydrogen-bond donors (Lipinski definition) is 1. The maximum Gasteiger partial charge on any atom is 0.243 e. The summed E-state index contributed by atoms with van der Waals surface area (Å²) in [6, 6.07) is 3.41. The number of nitrogens with two attached hydrogens (primary N) is 1. The SMILES string of the molecule is C#CCN1CCN(S(=O)(=O)c2c(C)cc(N)cc2C)CC1. The molecule has 1 aromatic rings. The van der Waals surface area contributed by atoms with Crippen LogP contribution in [0.15, 0.2) is 17.0 Å². The number of aryl methyl sites for hydroxylation is 2. The first-order valence-electron chi connectivity index (χ1n) is 6.89. The number of nitrogens with zero attached hydrogens (tertiary/aromatic N) is 2. The number of anilines is 1. The molecule has 21 heavy (non-hydrogen) atoms. The highest BCUT2D eigenvalue weighted by Gasteiger charge is 2.30. The topological polar surface area (TPSA) is 66.6 Å². The van der Waals surface area contributed by atoms with Crippen LogP contribution in [0, 0.1) is 26.2 Å². The number of hydrogen-bond acceptors (Lipinski definition) is 4. The largest absolute Gasteiger partial charge is 0.399 e. The van der Waals surface area contributed by atoms with Crippen LogP contribution in [0.2, 0.25) is 0 Å². The van der Waals surface area contributed by atoms with Gasteiger partial charge in [0.05, 0.1) is 11.4 Å². The van der Waals surface area contributed by atoms with Crippen LogP contribution in [-0.2, 0) is 10.0 Å². The lowest BCUT2D eigenvalue weighted by atomic mass is 10.1. The molecule has 0 bridgehead atoms. The van der Waals surface area contributed by atoms with Crippen LogP contribution in [0.1, 0.15) is 11.1 Å². The summed E-state index contributed by atoms with van der Waals surface area (Å²) in [5.41, 5.74) is 7.74. The molecule has 0 unspecified atom stereocenters. The Hall–Kier alpha value is -1.55. The van der Waals surface area contributed by atoms with Gasteiger partial charge >= 0.3 is 0 Å². The summed E-state index contributed by atoms with van der Waals surface area (Å²) >= 11 is 0. The number of terminal acetylenes is 1. The monoisotopic (exact) mass is 307 g/mol. The highest BCUT2D eigenvalue weighted by atomic mass is 32.2. The molecule has 114 valence electrons. The minimum atomic E-state index is -3.48. The number of nitrogen functional groups attached to an aromatic ring is 1. The van der Waals surface area contributed by atoms with E-state index in [1.165, 1.54) is 4.31 Å². The predicted molar refractivity (Wildman–Crippen MR) is 84.4 cm³/mol. The van der Waals surface area contributed by atoms with E-state index in [1.54, 1.807) is 26.0 Å². The quantitative estimate of drug-likeness (QED) is 0.663. The number of piperazine rings is 1. The Kier molecular flexibility index (Phi) is 4.57. The Morgan fingerprint density at radius 2 is 1.71 bits per heavy atom. The van der Waals surface area contributed by atoms with Crippen molar-refractivity contribution in [2.45, 2.75) is 18.7 Å². The van der Waals surface area contributed by atoms with E-state index in [1.807, 2.05) is 0 Å². The van der Waals surface area contributed by atoms with Crippen molar-refractivity contribution in [2.24, 2.45) is 0 Å². The molecule has 0 aromatic heterocycles. The summed E-state index contributed by atoms with van der Waals surface area (Å²) in [6.07, 6.45) is 5.29. The molecular weight excluding hydrogens is 286 g/mol. The molecular formula is C15H21N3O2S. The van der Waals surface area contributed by atoms with Crippen LogP contribution < -0.4 is 5.73 Å². The van der Waals surface area contributed by atoms with Gasteiger partial charge in [-0.1, -0.05) is 5.92 Å². The average Bonchev–Trinajstić information content (AvgIpc) is 2.38. The van der Waals surface area contributed by atoms with Crippen LogP contribution in [0.5, 0.6) is 0 Å². The fraction of sp³-hybridized carbons (Fsp3) is 0.467. The summed E-state index contributed by atoms with van der Waals surface area (Å²) in [6.45, 7) is 6.39. The summed E-state index contributed by atoms with van der Waals surface area (Å²) in [4.78, 5) is 2.46. The molecule has 2 N–H and O–H groups in total. The van der Waals surface area contributed by atoms with Crippen molar-refractivity contribution in [3.05, 3.63) is 23.3 Å². The standard InChI is InChI=1S/C15H21N3O2S/c1-4-5-17-6-8-18(9-7-17)21(19,20)15-12(2)10-14(16)11-13(15)3/h1,10-11H,5-9,16H2,2-3H3. The van der Waals surface area contributed by atoms with Crippen LogP contribution in [0.4, 0.5) is 5.69 Å². The number of benzene rings is 1. The van der Waals surface area contributed by atoms with E-state index in [4.69, 9.17) is 12.2 Å². The van der Waals surface area contributed by atoms with E-state index >= 15 is 0 Å². The molecule has 0 spiro atoms. The Morgan fingerprint density at radius 1 is 1.19 bits per heavy atom. The van der Waals surface area contributed by atoms with E-state index in [0.29, 0.717) is 54.4 Å². The van der Waals surface area contributed by atoms with E-state index in [9.17, 15) is 8.42 Å². The van der Waals surface area contributed by atoms with Gasteiger partial charge in [0.15, 0.2) is 0 Å². The summed E-state index contributed by atoms with van der Waals surface area (Å²) in [7, 11) is -3.48. The molecule has 6 heteroatoms. The molecule has 0 aliphatic carbocycles. The maximum atomic E-state index is 12.8. The molecule has 0 atom stereocenters. The zero-order valence-electron chi connectivity index (χ0n) is 12.5. The number of sulfonamides is 1. The molecule has 2 rings (SSSR count). The van der Waals surface area contributed by atoms with Crippen molar-refractivity contribution in [3.63, 3.8) is 0 Å². The Morgan fingerprint density at radius 3 is 2.19 bits per heavy atom. The van der Waals surface area contributed by atoms with Gasteiger partial charge < -0.3 is 5.73 Å². The summed E-state index contributed by atoms with van der Waals surface area (Å²) in [5.74, 6) is 2.59. The zero-order valence-corrected chi connectivity index (χ0v) is 13.3. The highest BCUT2D eigenvalue weighted by Crippen LogP contribution is 2.26. The predicted octanol–water partition coefficient (Wildman–Crippen LogP) is 0.825. The lowest BCUT2D eigenvalue weighted by Gasteiger charge is -2.33. The smallest absolute Gasteiger partial charge is 0.243 e. The molecule has 1 aromatic carbocycles. The highest BCUT2D eigenvalue weighted by molar-refractivity contribution is 7.89. The average molecular weight is 307 g/mol. The second kappa shape index (κ2) is 6.06. The third-order valence-electron chi connectivity index (χ3n) is 3.73. The first kappa shape index (κ1) is 15.8. The second-order valence-electron chi connectivity index (χ2n) is 5.37. The van der Waals surface area contributed by atoms with Crippen LogP contribution in [0.25, 0.3) is 0 Å². The molecule has 1 aliphatic heterocycles. The Balaban J connectivity index is 2.27. The van der Waals surface area contributed by atoms with Gasteiger partial charge in [0.2, 0.25) is 10.0 Å². The first-order chi connectivity index (χ1) is 9.86. The van der Waals surface area contributed by atoms with Gasteiger partial charge in [-0.3, -0.25) is 4.90 Å². The molecule has 0 radical (unpaired) electrons. The van der Waals surface area contributed by atoms with E-state index < -0.39 is 10.0 Å². The van der Waals surface area contributed by atoms with Gasteiger partial charge in [0.25, 0.3) is 0 Å². The minimum Gasteiger partial charge on any atom is -0.399 e. The Labute approximate surface area is 126 Å². The lowest BCUT2D eigenvalue weighted by Crippen LogP contribution is -2.48. The summed E-state index contributed by atoms with van der Waals surface area (Å²) in [5, 5.41) is 0. The summed E-state index contributed by atoms with van der Waals surface area (Å²) < 4.78 is 27.2.